The Hall–Kier alpha value is -2.21. The van der Waals surface area contributed by atoms with Crippen molar-refractivity contribution < 1.29 is 4.79 Å². The number of nitrogens with one attached hydrogen (secondary N) is 1. The van der Waals surface area contributed by atoms with Crippen molar-refractivity contribution in [2.45, 2.75) is 13.8 Å². The molecular weight excluding hydrogens is 272 g/mol. The number of aryl methyl sites for hydroxylation is 3. The SMILES string of the molecule is Cc1cc(C(=O)Nc2cc(C(N)=S)ccc2C)n(C)n1. The van der Waals surface area contributed by atoms with Gasteiger partial charge in [0.25, 0.3) is 5.91 Å². The number of thiocarbonyl (C=S) groups is 1. The van der Waals surface area contributed by atoms with Crippen LogP contribution in [0.4, 0.5) is 5.69 Å². The van der Waals surface area contributed by atoms with Crippen molar-refractivity contribution in [2.24, 2.45) is 12.8 Å². The van der Waals surface area contributed by atoms with Gasteiger partial charge in [0.05, 0.1) is 5.69 Å². The first kappa shape index (κ1) is 14.2. The average molecular weight is 288 g/mol. The van der Waals surface area contributed by atoms with Crippen molar-refractivity contribution in [3.8, 4) is 0 Å². The summed E-state index contributed by atoms with van der Waals surface area (Å²) in [5, 5.41) is 7.02. The summed E-state index contributed by atoms with van der Waals surface area (Å²) in [5.41, 5.74) is 9.27. The Morgan fingerprint density at radius 3 is 2.60 bits per heavy atom. The molecule has 0 bridgehead atoms. The molecule has 0 fully saturated rings. The third-order valence-corrected chi connectivity index (χ3v) is 3.24. The van der Waals surface area contributed by atoms with Crippen LogP contribution in [0, 0.1) is 13.8 Å². The van der Waals surface area contributed by atoms with Crippen LogP contribution in [0.3, 0.4) is 0 Å². The van der Waals surface area contributed by atoms with Crippen LogP contribution in [-0.2, 0) is 7.05 Å². The number of rotatable bonds is 3. The van der Waals surface area contributed by atoms with E-state index in [0.717, 1.165) is 16.8 Å². The van der Waals surface area contributed by atoms with Gasteiger partial charge < -0.3 is 11.1 Å². The lowest BCUT2D eigenvalue weighted by molar-refractivity contribution is 0.101. The molecule has 0 aliphatic carbocycles. The molecule has 20 heavy (non-hydrogen) atoms. The number of aromatic nitrogens is 2. The number of nitrogens with two attached hydrogens (primary N) is 1. The van der Waals surface area contributed by atoms with Gasteiger partial charge in [0.2, 0.25) is 0 Å². The van der Waals surface area contributed by atoms with Crippen LogP contribution in [0.25, 0.3) is 0 Å². The fourth-order valence-electron chi connectivity index (χ4n) is 1.92. The van der Waals surface area contributed by atoms with Crippen molar-refractivity contribution in [3.05, 3.63) is 46.8 Å². The Morgan fingerprint density at radius 2 is 2.05 bits per heavy atom. The number of anilines is 1. The van der Waals surface area contributed by atoms with E-state index in [1.165, 1.54) is 0 Å². The maximum atomic E-state index is 12.2. The molecule has 3 N–H and O–H groups in total. The fraction of sp³-hybridized carbons (Fsp3) is 0.214. The summed E-state index contributed by atoms with van der Waals surface area (Å²) in [7, 11) is 1.74. The van der Waals surface area contributed by atoms with E-state index in [1.54, 1.807) is 23.9 Å². The number of nitrogens with zero attached hydrogens (tertiary/aromatic N) is 2. The Morgan fingerprint density at radius 1 is 1.35 bits per heavy atom. The van der Waals surface area contributed by atoms with Crippen molar-refractivity contribution in [1.82, 2.24) is 9.78 Å². The number of amides is 1. The number of carbonyl (C=O) groups is 1. The van der Waals surface area contributed by atoms with Gasteiger partial charge in [0.1, 0.15) is 10.7 Å². The second-order valence-electron chi connectivity index (χ2n) is 4.64. The Kier molecular flexibility index (Phi) is 3.85. The third-order valence-electron chi connectivity index (χ3n) is 3.00. The number of hydrogen-bond acceptors (Lipinski definition) is 3. The summed E-state index contributed by atoms with van der Waals surface area (Å²) in [6.45, 7) is 3.75. The van der Waals surface area contributed by atoms with Crippen molar-refractivity contribution in [2.75, 3.05) is 5.32 Å². The maximum absolute atomic E-state index is 12.2. The van der Waals surface area contributed by atoms with Crippen LogP contribution in [-0.4, -0.2) is 20.7 Å². The molecule has 0 saturated carbocycles. The first-order valence-electron chi connectivity index (χ1n) is 6.11. The highest BCUT2D eigenvalue weighted by Gasteiger charge is 2.13. The van der Waals surface area contributed by atoms with Crippen LogP contribution >= 0.6 is 12.2 Å². The summed E-state index contributed by atoms with van der Waals surface area (Å²) in [5.74, 6) is -0.212. The molecule has 0 aliphatic rings. The molecule has 6 heteroatoms. The van der Waals surface area contributed by atoms with Crippen LogP contribution in [0.5, 0.6) is 0 Å². The van der Waals surface area contributed by atoms with Gasteiger partial charge in [-0.3, -0.25) is 9.48 Å². The monoisotopic (exact) mass is 288 g/mol. The zero-order chi connectivity index (χ0) is 14.9. The normalized spacial score (nSPS) is 10.3. The van der Waals surface area contributed by atoms with E-state index in [0.29, 0.717) is 16.4 Å². The lowest BCUT2D eigenvalue weighted by Crippen LogP contribution is -2.17. The van der Waals surface area contributed by atoms with Gasteiger partial charge in [-0.15, -0.1) is 0 Å². The standard InChI is InChI=1S/C14H16N4OS/c1-8-4-5-10(13(15)20)7-11(8)16-14(19)12-6-9(2)17-18(12)3/h4-7H,1-3H3,(H2,15,20)(H,16,19). The van der Waals surface area contributed by atoms with Crippen molar-refractivity contribution >= 4 is 28.8 Å². The molecule has 0 saturated heterocycles. The number of hydrogen-bond donors (Lipinski definition) is 2. The first-order chi connectivity index (χ1) is 9.38. The molecular formula is C14H16N4OS. The van der Waals surface area contributed by atoms with Crippen LogP contribution < -0.4 is 11.1 Å². The van der Waals surface area contributed by atoms with E-state index in [2.05, 4.69) is 10.4 Å². The highest BCUT2D eigenvalue weighted by atomic mass is 32.1. The van der Waals surface area contributed by atoms with Gasteiger partial charge >= 0.3 is 0 Å². The average Bonchev–Trinajstić information content (AvgIpc) is 2.71. The van der Waals surface area contributed by atoms with Crippen LogP contribution in [0.1, 0.15) is 27.3 Å². The minimum atomic E-state index is -0.212. The predicted octanol–water partition coefficient (Wildman–Crippen LogP) is 1.92. The smallest absolute Gasteiger partial charge is 0.273 e. The highest BCUT2D eigenvalue weighted by molar-refractivity contribution is 7.80. The van der Waals surface area contributed by atoms with E-state index in [1.807, 2.05) is 26.0 Å². The molecule has 1 amide bonds. The predicted molar refractivity (Wildman–Crippen MR) is 83.0 cm³/mol. The molecule has 0 atom stereocenters. The van der Waals surface area contributed by atoms with Gasteiger partial charge in [0.15, 0.2) is 0 Å². The molecule has 1 aromatic heterocycles. The van der Waals surface area contributed by atoms with Crippen molar-refractivity contribution in [1.29, 1.82) is 0 Å². The van der Waals surface area contributed by atoms with Gasteiger partial charge in [-0.2, -0.15) is 5.10 Å². The molecule has 1 aromatic carbocycles. The number of carbonyl (C=O) groups excluding carboxylic acids is 1. The zero-order valence-corrected chi connectivity index (χ0v) is 12.4. The molecule has 0 unspecified atom stereocenters. The summed E-state index contributed by atoms with van der Waals surface area (Å²) in [6.07, 6.45) is 0. The van der Waals surface area contributed by atoms with E-state index in [-0.39, 0.29) is 5.91 Å². The van der Waals surface area contributed by atoms with E-state index in [4.69, 9.17) is 18.0 Å². The van der Waals surface area contributed by atoms with Gasteiger partial charge in [-0.05, 0) is 31.5 Å². The third kappa shape index (κ3) is 2.85. The van der Waals surface area contributed by atoms with Crippen LogP contribution in [0.15, 0.2) is 24.3 Å². The number of benzene rings is 1. The van der Waals surface area contributed by atoms with E-state index >= 15 is 0 Å². The van der Waals surface area contributed by atoms with Gasteiger partial charge in [0, 0.05) is 18.3 Å². The fourth-order valence-corrected chi connectivity index (χ4v) is 2.05. The summed E-state index contributed by atoms with van der Waals surface area (Å²) < 4.78 is 1.55. The Labute approximate surface area is 122 Å². The van der Waals surface area contributed by atoms with E-state index in [9.17, 15) is 4.79 Å². The quantitative estimate of drug-likeness (QED) is 0.846. The molecule has 104 valence electrons. The van der Waals surface area contributed by atoms with E-state index < -0.39 is 0 Å². The lowest BCUT2D eigenvalue weighted by atomic mass is 10.1. The molecule has 1 heterocycles. The summed E-state index contributed by atoms with van der Waals surface area (Å²) in [6, 6.07) is 7.22. The molecule has 2 aromatic rings. The largest absolute Gasteiger partial charge is 0.389 e. The second kappa shape index (κ2) is 5.42. The lowest BCUT2D eigenvalue weighted by Gasteiger charge is -2.10. The highest BCUT2D eigenvalue weighted by Crippen LogP contribution is 2.18. The molecule has 5 nitrogen and oxygen atoms in total. The summed E-state index contributed by atoms with van der Waals surface area (Å²) in [4.78, 5) is 12.5. The Bertz CT molecular complexity index is 690. The minimum Gasteiger partial charge on any atom is -0.389 e. The van der Waals surface area contributed by atoms with Crippen LogP contribution in [0.2, 0.25) is 0 Å². The summed E-state index contributed by atoms with van der Waals surface area (Å²) >= 11 is 4.95. The topological polar surface area (TPSA) is 72.9 Å². The second-order valence-corrected chi connectivity index (χ2v) is 5.08. The maximum Gasteiger partial charge on any atom is 0.273 e. The zero-order valence-electron chi connectivity index (χ0n) is 11.6. The molecule has 0 spiro atoms. The molecule has 0 radical (unpaired) electrons. The molecule has 2 rings (SSSR count). The van der Waals surface area contributed by atoms with Crippen molar-refractivity contribution in [3.63, 3.8) is 0 Å². The Balaban J connectivity index is 2.30. The first-order valence-corrected chi connectivity index (χ1v) is 6.51. The van der Waals surface area contributed by atoms with Gasteiger partial charge in [-0.1, -0.05) is 24.4 Å². The van der Waals surface area contributed by atoms with Gasteiger partial charge in [-0.25, -0.2) is 0 Å². The molecule has 0 aliphatic heterocycles. The minimum absolute atomic E-state index is 0.212.